The van der Waals surface area contributed by atoms with Crippen LogP contribution >= 0.6 is 11.6 Å². The molecule has 0 bridgehead atoms. The average molecular weight is 230 g/mol. The minimum atomic E-state index is 0.0394. The highest BCUT2D eigenvalue weighted by atomic mass is 35.5. The molecule has 1 saturated heterocycles. The first-order valence-electron chi connectivity index (χ1n) is 6.06. The predicted octanol–water partition coefficient (Wildman–Crippen LogP) is 2.94. The predicted molar refractivity (Wildman–Crippen MR) is 62.1 cm³/mol. The second kappa shape index (κ2) is 4.32. The number of carbonyl (C=O) groups is 1. The fourth-order valence-electron chi connectivity index (χ4n) is 2.95. The van der Waals surface area contributed by atoms with Gasteiger partial charge in [0.1, 0.15) is 0 Å². The van der Waals surface area contributed by atoms with Gasteiger partial charge in [0, 0.05) is 18.5 Å². The van der Waals surface area contributed by atoms with Gasteiger partial charge in [0.2, 0.25) is 5.91 Å². The van der Waals surface area contributed by atoms with E-state index in [1.54, 1.807) is 0 Å². The topological polar surface area (TPSA) is 20.3 Å². The summed E-state index contributed by atoms with van der Waals surface area (Å²) >= 11 is 6.06. The van der Waals surface area contributed by atoms with E-state index in [9.17, 15) is 4.79 Å². The number of amides is 1. The molecule has 0 aromatic carbocycles. The van der Waals surface area contributed by atoms with E-state index >= 15 is 0 Å². The molecule has 0 aromatic heterocycles. The normalized spacial score (nSPS) is 31.7. The molecule has 3 heteroatoms. The molecular formula is C12H20ClNO. The molecule has 2 nitrogen and oxygen atoms in total. The highest BCUT2D eigenvalue weighted by Crippen LogP contribution is 2.35. The lowest BCUT2D eigenvalue weighted by atomic mass is 9.91. The van der Waals surface area contributed by atoms with Crippen molar-refractivity contribution in [3.8, 4) is 0 Å². The van der Waals surface area contributed by atoms with Gasteiger partial charge in [-0.15, -0.1) is 11.6 Å². The summed E-state index contributed by atoms with van der Waals surface area (Å²) in [5.74, 6) is 0.263. The minimum Gasteiger partial charge on any atom is -0.336 e. The minimum absolute atomic E-state index is 0.0394. The van der Waals surface area contributed by atoms with Gasteiger partial charge in [-0.05, 0) is 19.8 Å². The van der Waals surface area contributed by atoms with Crippen LogP contribution in [0, 0.1) is 0 Å². The first-order valence-corrected chi connectivity index (χ1v) is 6.50. The summed E-state index contributed by atoms with van der Waals surface area (Å²) in [6.45, 7) is 3.00. The summed E-state index contributed by atoms with van der Waals surface area (Å²) in [7, 11) is 0. The summed E-state index contributed by atoms with van der Waals surface area (Å²) in [5, 5.41) is 0.0394. The maximum absolute atomic E-state index is 11.8. The third kappa shape index (κ3) is 2.30. The first kappa shape index (κ1) is 11.3. The lowest BCUT2D eigenvalue weighted by Crippen LogP contribution is -2.47. The molecule has 1 atom stereocenters. The van der Waals surface area contributed by atoms with Crippen molar-refractivity contribution in [1.29, 1.82) is 0 Å². The molecule has 1 unspecified atom stereocenters. The average Bonchev–Trinajstić information content (AvgIpc) is 2.40. The van der Waals surface area contributed by atoms with E-state index in [1.807, 2.05) is 0 Å². The zero-order valence-corrected chi connectivity index (χ0v) is 10.2. The quantitative estimate of drug-likeness (QED) is 0.500. The van der Waals surface area contributed by atoms with Crippen LogP contribution in [0.2, 0.25) is 0 Å². The van der Waals surface area contributed by atoms with E-state index in [-0.39, 0.29) is 16.8 Å². The molecule has 2 aliphatic rings. The van der Waals surface area contributed by atoms with E-state index in [0.29, 0.717) is 6.42 Å². The van der Waals surface area contributed by atoms with E-state index in [2.05, 4.69) is 11.8 Å². The summed E-state index contributed by atoms with van der Waals surface area (Å²) in [5.41, 5.74) is 0.0945. The van der Waals surface area contributed by atoms with Crippen molar-refractivity contribution in [3.05, 3.63) is 0 Å². The Hall–Kier alpha value is -0.240. The second-order valence-corrected chi connectivity index (χ2v) is 5.83. The molecular weight excluding hydrogens is 210 g/mol. The van der Waals surface area contributed by atoms with Gasteiger partial charge in [0.25, 0.3) is 0 Å². The van der Waals surface area contributed by atoms with Crippen LogP contribution in [0.1, 0.15) is 51.9 Å². The number of carbonyl (C=O) groups excluding carboxylic acids is 1. The van der Waals surface area contributed by atoms with Gasteiger partial charge in [0.15, 0.2) is 0 Å². The van der Waals surface area contributed by atoms with Crippen molar-refractivity contribution in [3.63, 3.8) is 0 Å². The van der Waals surface area contributed by atoms with Crippen LogP contribution in [0.4, 0.5) is 0 Å². The molecule has 86 valence electrons. The first-order chi connectivity index (χ1) is 7.12. The smallest absolute Gasteiger partial charge is 0.224 e. The van der Waals surface area contributed by atoms with Crippen molar-refractivity contribution in [2.45, 2.75) is 62.8 Å². The van der Waals surface area contributed by atoms with Crippen LogP contribution in [0.25, 0.3) is 0 Å². The van der Waals surface area contributed by atoms with Crippen molar-refractivity contribution >= 4 is 17.5 Å². The number of rotatable bonds is 1. The molecule has 15 heavy (non-hydrogen) atoms. The molecule has 0 spiro atoms. The highest BCUT2D eigenvalue weighted by Gasteiger charge is 2.40. The van der Waals surface area contributed by atoms with Crippen molar-refractivity contribution in [2.24, 2.45) is 0 Å². The third-order valence-electron chi connectivity index (χ3n) is 3.91. The van der Waals surface area contributed by atoms with Crippen LogP contribution in [0.15, 0.2) is 0 Å². The van der Waals surface area contributed by atoms with Crippen LogP contribution < -0.4 is 0 Å². The number of nitrogens with zero attached hydrogens (tertiary/aromatic N) is 1. The van der Waals surface area contributed by atoms with E-state index in [4.69, 9.17) is 11.6 Å². The Bertz CT molecular complexity index is 246. The van der Waals surface area contributed by atoms with Gasteiger partial charge >= 0.3 is 0 Å². The van der Waals surface area contributed by atoms with Crippen LogP contribution in [0.3, 0.4) is 0 Å². The zero-order valence-electron chi connectivity index (χ0n) is 9.47. The SMILES string of the molecule is CC1(N2CC(Cl)CC2=O)CCCCCC1. The summed E-state index contributed by atoms with van der Waals surface area (Å²) < 4.78 is 0. The van der Waals surface area contributed by atoms with Gasteiger partial charge in [0.05, 0.1) is 5.38 Å². The molecule has 1 saturated carbocycles. The summed E-state index contributed by atoms with van der Waals surface area (Å²) in [4.78, 5) is 13.9. The number of halogens is 1. The Morgan fingerprint density at radius 1 is 1.27 bits per heavy atom. The number of hydrogen-bond acceptors (Lipinski definition) is 1. The largest absolute Gasteiger partial charge is 0.336 e. The van der Waals surface area contributed by atoms with Crippen LogP contribution in [0.5, 0.6) is 0 Å². The Kier molecular flexibility index (Phi) is 3.24. The Morgan fingerprint density at radius 2 is 1.87 bits per heavy atom. The molecule has 0 N–H and O–H groups in total. The van der Waals surface area contributed by atoms with Crippen LogP contribution in [-0.2, 0) is 4.79 Å². The summed E-state index contributed by atoms with van der Waals surface area (Å²) in [6, 6.07) is 0. The molecule has 1 amide bonds. The fourth-order valence-corrected chi connectivity index (χ4v) is 3.22. The number of hydrogen-bond donors (Lipinski definition) is 0. The van der Waals surface area contributed by atoms with E-state index in [0.717, 1.165) is 19.4 Å². The van der Waals surface area contributed by atoms with Crippen molar-refractivity contribution in [2.75, 3.05) is 6.54 Å². The Balaban J connectivity index is 2.09. The lowest BCUT2D eigenvalue weighted by molar-refractivity contribution is -0.133. The number of likely N-dealkylation sites (tertiary alicyclic amines) is 1. The standard InChI is InChI=1S/C12H20ClNO/c1-12(6-4-2-3-5-7-12)14-9-10(13)8-11(14)15/h10H,2-9H2,1H3. The van der Waals surface area contributed by atoms with Gasteiger partial charge in [-0.2, -0.15) is 0 Å². The fraction of sp³-hybridized carbons (Fsp3) is 0.917. The maximum atomic E-state index is 11.8. The van der Waals surface area contributed by atoms with Crippen molar-refractivity contribution in [1.82, 2.24) is 4.90 Å². The molecule has 0 aromatic rings. The molecule has 1 aliphatic carbocycles. The van der Waals surface area contributed by atoms with E-state index in [1.165, 1.54) is 25.7 Å². The zero-order chi connectivity index (χ0) is 10.9. The maximum Gasteiger partial charge on any atom is 0.224 e. The van der Waals surface area contributed by atoms with Gasteiger partial charge in [-0.1, -0.05) is 25.7 Å². The van der Waals surface area contributed by atoms with Crippen molar-refractivity contribution < 1.29 is 4.79 Å². The van der Waals surface area contributed by atoms with E-state index < -0.39 is 0 Å². The number of alkyl halides is 1. The Morgan fingerprint density at radius 3 is 2.33 bits per heavy atom. The van der Waals surface area contributed by atoms with Gasteiger partial charge in [-0.25, -0.2) is 0 Å². The van der Waals surface area contributed by atoms with Crippen LogP contribution in [-0.4, -0.2) is 28.3 Å². The summed E-state index contributed by atoms with van der Waals surface area (Å²) in [6.07, 6.45) is 8.01. The molecule has 0 radical (unpaired) electrons. The molecule has 2 fully saturated rings. The molecule has 1 heterocycles. The second-order valence-electron chi connectivity index (χ2n) is 5.22. The van der Waals surface area contributed by atoms with Gasteiger partial charge < -0.3 is 4.90 Å². The Labute approximate surface area is 97.0 Å². The highest BCUT2D eigenvalue weighted by molar-refractivity contribution is 6.22. The monoisotopic (exact) mass is 229 g/mol. The molecule has 1 aliphatic heterocycles. The van der Waals surface area contributed by atoms with Gasteiger partial charge in [-0.3, -0.25) is 4.79 Å². The molecule has 2 rings (SSSR count). The third-order valence-corrected chi connectivity index (χ3v) is 4.20. The lowest BCUT2D eigenvalue weighted by Gasteiger charge is -2.38.